The summed E-state index contributed by atoms with van der Waals surface area (Å²) in [4.78, 5) is 44.4. The molecule has 3 aliphatic heterocycles. The maximum Gasteiger partial charge on any atom is 0.248 e. The van der Waals surface area contributed by atoms with E-state index < -0.39 is 22.6 Å². The van der Waals surface area contributed by atoms with Gasteiger partial charge >= 0.3 is 0 Å². The van der Waals surface area contributed by atoms with Gasteiger partial charge in [0.25, 0.3) is 0 Å². The summed E-state index contributed by atoms with van der Waals surface area (Å²) in [5.74, 6) is -1.58. The molecule has 0 aromatic heterocycles. The summed E-state index contributed by atoms with van der Waals surface area (Å²) in [5, 5.41) is 15.7. The first-order chi connectivity index (χ1) is 16.8. The zero-order valence-electron chi connectivity index (χ0n) is 21.2. The van der Waals surface area contributed by atoms with E-state index in [2.05, 4.69) is 36.3 Å². The van der Waals surface area contributed by atoms with Crippen LogP contribution < -0.4 is 15.5 Å². The summed E-state index contributed by atoms with van der Waals surface area (Å²) >= 11 is 1.64. The van der Waals surface area contributed by atoms with E-state index in [1.165, 1.54) is 4.90 Å². The molecular formula is C26H38N4O4S. The first-order valence-electron chi connectivity index (χ1n) is 12.8. The number of aliphatic hydroxyl groups is 1. The lowest BCUT2D eigenvalue weighted by Crippen LogP contribution is -2.52. The molecule has 192 valence electrons. The Morgan fingerprint density at radius 1 is 1.14 bits per heavy atom. The van der Waals surface area contributed by atoms with Gasteiger partial charge in [-0.2, -0.15) is 0 Å². The monoisotopic (exact) mass is 502 g/mol. The summed E-state index contributed by atoms with van der Waals surface area (Å²) < 4.78 is -1.05. The lowest BCUT2D eigenvalue weighted by atomic mass is 9.66. The second kappa shape index (κ2) is 10.0. The van der Waals surface area contributed by atoms with Gasteiger partial charge in [0.2, 0.25) is 17.7 Å². The van der Waals surface area contributed by atoms with Gasteiger partial charge in [-0.25, -0.2) is 0 Å². The van der Waals surface area contributed by atoms with E-state index in [-0.39, 0.29) is 35.6 Å². The highest BCUT2D eigenvalue weighted by molar-refractivity contribution is 8.02. The minimum absolute atomic E-state index is 0.0800. The number of likely N-dealkylation sites (tertiary alicyclic amines) is 1. The number of carbonyl (C=O) groups is 3. The summed E-state index contributed by atoms with van der Waals surface area (Å²) in [6, 6.07) is 7.01. The van der Waals surface area contributed by atoms with E-state index in [0.717, 1.165) is 31.6 Å². The fourth-order valence-electron chi connectivity index (χ4n) is 6.39. The Bertz CT molecular complexity index is 969. The number of aliphatic hydroxyl groups excluding tert-OH is 1. The Morgan fingerprint density at radius 2 is 1.83 bits per heavy atom. The van der Waals surface area contributed by atoms with Crippen molar-refractivity contribution in [3.8, 4) is 0 Å². The number of rotatable bonds is 10. The van der Waals surface area contributed by atoms with Gasteiger partial charge < -0.3 is 25.5 Å². The normalized spacial score (nSPS) is 30.9. The molecule has 3 saturated heterocycles. The molecule has 3 amide bonds. The third kappa shape index (κ3) is 4.20. The first kappa shape index (κ1) is 25.8. The topological polar surface area (TPSA) is 102 Å². The summed E-state index contributed by atoms with van der Waals surface area (Å²) in [6.45, 7) is 10.5. The number of nitrogens with zero attached hydrogens (tertiary/aromatic N) is 2. The van der Waals surface area contributed by atoms with Crippen molar-refractivity contribution in [1.29, 1.82) is 0 Å². The molecule has 8 nitrogen and oxygen atoms in total. The molecule has 3 heterocycles. The fraction of sp³-hybridized carbons (Fsp3) is 0.654. The third-order valence-corrected chi connectivity index (χ3v) is 9.95. The Kier molecular flexibility index (Phi) is 7.38. The number of thioether (sulfide) groups is 1. The standard InChI is InChI=1S/C26H38N4O4S/c1-5-14-27-22(32)19-20-24(34)30(15-16-31)21(26(20)13-12-25(19,4)35-26)23(33)28-17-8-10-18(11-9-17)29(6-2)7-3/h8-11,19-21,31H,5-7,12-16H2,1-4H3,(H,27,32)(H,28,33)/t19-,20+,21?,25+,26?/m1/s1. The van der Waals surface area contributed by atoms with Crippen molar-refractivity contribution >= 4 is 40.9 Å². The predicted octanol–water partition coefficient (Wildman–Crippen LogP) is 2.47. The molecule has 1 aromatic carbocycles. The Hall–Kier alpha value is -2.26. The van der Waals surface area contributed by atoms with E-state index >= 15 is 0 Å². The van der Waals surface area contributed by atoms with Crippen LogP contribution >= 0.6 is 11.8 Å². The van der Waals surface area contributed by atoms with Gasteiger partial charge in [-0.15, -0.1) is 11.8 Å². The molecule has 1 spiro atoms. The number of nitrogens with one attached hydrogen (secondary N) is 2. The second-order valence-electron chi connectivity index (χ2n) is 9.98. The smallest absolute Gasteiger partial charge is 0.248 e. The van der Waals surface area contributed by atoms with Crippen LogP contribution in [0.25, 0.3) is 0 Å². The highest BCUT2D eigenvalue weighted by Crippen LogP contribution is 2.71. The van der Waals surface area contributed by atoms with Crippen molar-refractivity contribution in [2.24, 2.45) is 11.8 Å². The summed E-state index contributed by atoms with van der Waals surface area (Å²) in [7, 11) is 0. The molecule has 1 aromatic rings. The van der Waals surface area contributed by atoms with Crippen LogP contribution in [0.4, 0.5) is 11.4 Å². The largest absolute Gasteiger partial charge is 0.395 e. The van der Waals surface area contributed by atoms with Crippen LogP contribution in [0, 0.1) is 11.8 Å². The van der Waals surface area contributed by atoms with Gasteiger partial charge in [0.1, 0.15) is 6.04 Å². The van der Waals surface area contributed by atoms with Gasteiger partial charge in [-0.1, -0.05) is 6.92 Å². The third-order valence-electron chi connectivity index (χ3n) is 7.96. The predicted molar refractivity (Wildman–Crippen MR) is 139 cm³/mol. The van der Waals surface area contributed by atoms with Crippen molar-refractivity contribution in [2.75, 3.05) is 43.0 Å². The van der Waals surface area contributed by atoms with Crippen LogP contribution in [0.1, 0.15) is 47.0 Å². The molecule has 0 saturated carbocycles. The minimum Gasteiger partial charge on any atom is -0.395 e. The number of anilines is 2. The lowest BCUT2D eigenvalue weighted by molar-refractivity contribution is -0.140. The van der Waals surface area contributed by atoms with Crippen molar-refractivity contribution in [2.45, 2.75) is 62.5 Å². The molecule has 35 heavy (non-hydrogen) atoms. The first-order valence-corrected chi connectivity index (χ1v) is 13.6. The molecule has 0 aliphatic carbocycles. The lowest BCUT2D eigenvalue weighted by Gasteiger charge is -2.34. The number of β-amino-alcohol motifs (C(OH)–C–C–N with tert-alkyl or cyclic N) is 1. The molecule has 5 atom stereocenters. The van der Waals surface area contributed by atoms with Gasteiger partial charge in [0.05, 0.1) is 23.2 Å². The van der Waals surface area contributed by atoms with Gasteiger partial charge in [0.15, 0.2) is 0 Å². The minimum atomic E-state index is -0.731. The molecule has 9 heteroatoms. The number of hydrogen-bond donors (Lipinski definition) is 3. The average Bonchev–Trinajstić information content (AvgIpc) is 3.40. The molecule has 2 unspecified atom stereocenters. The van der Waals surface area contributed by atoms with Crippen molar-refractivity contribution in [3.05, 3.63) is 24.3 Å². The van der Waals surface area contributed by atoms with Crippen molar-refractivity contribution in [3.63, 3.8) is 0 Å². The number of hydrogen-bond acceptors (Lipinski definition) is 6. The van der Waals surface area contributed by atoms with E-state index in [4.69, 9.17) is 0 Å². The summed E-state index contributed by atoms with van der Waals surface area (Å²) in [6.07, 6.45) is 2.30. The molecule has 2 bridgehead atoms. The van der Waals surface area contributed by atoms with Crippen LogP contribution in [0.2, 0.25) is 0 Å². The van der Waals surface area contributed by atoms with Crippen LogP contribution in [0.3, 0.4) is 0 Å². The van der Waals surface area contributed by atoms with E-state index in [1.807, 2.05) is 31.2 Å². The molecule has 0 radical (unpaired) electrons. The fourth-order valence-corrected chi connectivity index (χ4v) is 8.74. The maximum absolute atomic E-state index is 13.7. The SMILES string of the molecule is CCCNC(=O)[C@H]1[C@H]2C(=O)N(CCO)C(C(=O)Nc3ccc(N(CC)CC)cc3)C23CC[C@]1(C)S3. The Balaban J connectivity index is 1.62. The van der Waals surface area contributed by atoms with Crippen molar-refractivity contribution < 1.29 is 19.5 Å². The number of benzene rings is 1. The number of fused-ring (bicyclic) bond motifs is 1. The van der Waals surface area contributed by atoms with E-state index in [0.29, 0.717) is 18.7 Å². The molecule has 4 rings (SSSR count). The number of carbonyl (C=O) groups excluding carboxylic acids is 3. The highest BCUT2D eigenvalue weighted by Gasteiger charge is 2.76. The Labute approximate surface area is 212 Å². The number of amides is 3. The second-order valence-corrected chi connectivity index (χ2v) is 11.9. The van der Waals surface area contributed by atoms with Crippen LogP contribution in [0.5, 0.6) is 0 Å². The quantitative estimate of drug-likeness (QED) is 0.454. The molecule has 3 N–H and O–H groups in total. The van der Waals surface area contributed by atoms with Crippen molar-refractivity contribution in [1.82, 2.24) is 10.2 Å². The maximum atomic E-state index is 13.7. The zero-order valence-corrected chi connectivity index (χ0v) is 22.0. The molecular weight excluding hydrogens is 464 g/mol. The van der Waals surface area contributed by atoms with E-state index in [9.17, 15) is 19.5 Å². The van der Waals surface area contributed by atoms with Crippen LogP contribution in [-0.2, 0) is 14.4 Å². The zero-order chi connectivity index (χ0) is 25.4. The van der Waals surface area contributed by atoms with Crippen LogP contribution in [-0.4, -0.2) is 76.0 Å². The van der Waals surface area contributed by atoms with Gasteiger partial charge in [0, 0.05) is 42.3 Å². The van der Waals surface area contributed by atoms with Crippen LogP contribution in [0.15, 0.2) is 24.3 Å². The van der Waals surface area contributed by atoms with Gasteiger partial charge in [-0.3, -0.25) is 14.4 Å². The Morgan fingerprint density at radius 3 is 2.43 bits per heavy atom. The average molecular weight is 503 g/mol. The van der Waals surface area contributed by atoms with E-state index in [1.54, 1.807) is 11.8 Å². The van der Waals surface area contributed by atoms with Gasteiger partial charge in [-0.05, 0) is 64.3 Å². The molecule has 3 fully saturated rings. The highest BCUT2D eigenvalue weighted by atomic mass is 32.2. The molecule has 3 aliphatic rings. The summed E-state index contributed by atoms with van der Waals surface area (Å²) in [5.41, 5.74) is 1.76.